The van der Waals surface area contributed by atoms with E-state index < -0.39 is 17.4 Å². The number of esters is 1. The Morgan fingerprint density at radius 2 is 1.82 bits per heavy atom. The third-order valence-electron chi connectivity index (χ3n) is 2.06. The Morgan fingerprint density at radius 3 is 2.29 bits per heavy atom. The normalized spacial score (nSPS) is 13.0. The maximum atomic E-state index is 11.6. The highest BCUT2D eigenvalue weighted by Gasteiger charge is 2.25. The van der Waals surface area contributed by atoms with E-state index in [4.69, 9.17) is 9.47 Å². The molecule has 0 aliphatic carbocycles. The number of carbonyl (C=O) groups is 2. The molecule has 5 nitrogen and oxygen atoms in total. The van der Waals surface area contributed by atoms with E-state index in [0.29, 0.717) is 13.2 Å². The van der Waals surface area contributed by atoms with Crippen molar-refractivity contribution >= 4 is 11.9 Å². The molecule has 0 radical (unpaired) electrons. The highest BCUT2D eigenvalue weighted by molar-refractivity contribution is 5.87. The minimum Gasteiger partial charge on any atom is -0.462 e. The van der Waals surface area contributed by atoms with Gasteiger partial charge in [-0.3, -0.25) is 4.79 Å². The predicted molar refractivity (Wildman–Crippen MR) is 64.5 cm³/mol. The first-order valence-corrected chi connectivity index (χ1v) is 5.84. The summed E-state index contributed by atoms with van der Waals surface area (Å²) in [4.78, 5) is 23.1. The Bertz CT molecular complexity index is 258. The summed E-state index contributed by atoms with van der Waals surface area (Å²) < 4.78 is 9.98. The molecule has 0 aliphatic heterocycles. The SMILES string of the molecule is CCOCCOC(=O)C(C)NC(=O)C(C)(C)C. The van der Waals surface area contributed by atoms with Crippen molar-refractivity contribution in [1.29, 1.82) is 0 Å². The van der Waals surface area contributed by atoms with Crippen LogP contribution in [0.2, 0.25) is 0 Å². The van der Waals surface area contributed by atoms with Crippen molar-refractivity contribution in [2.75, 3.05) is 19.8 Å². The van der Waals surface area contributed by atoms with Crippen molar-refractivity contribution in [2.24, 2.45) is 5.41 Å². The van der Waals surface area contributed by atoms with Gasteiger partial charge in [0.1, 0.15) is 12.6 Å². The van der Waals surface area contributed by atoms with Crippen LogP contribution in [-0.2, 0) is 19.1 Å². The van der Waals surface area contributed by atoms with Crippen molar-refractivity contribution in [1.82, 2.24) is 5.32 Å². The number of hydrogen-bond donors (Lipinski definition) is 1. The van der Waals surface area contributed by atoms with Gasteiger partial charge in [0.2, 0.25) is 5.91 Å². The quantitative estimate of drug-likeness (QED) is 0.562. The zero-order valence-corrected chi connectivity index (χ0v) is 11.3. The lowest BCUT2D eigenvalue weighted by Gasteiger charge is -2.20. The van der Waals surface area contributed by atoms with Gasteiger partial charge in [-0.15, -0.1) is 0 Å². The minimum atomic E-state index is -0.636. The van der Waals surface area contributed by atoms with Crippen LogP contribution in [0, 0.1) is 5.41 Å². The van der Waals surface area contributed by atoms with Crippen LogP contribution in [0.25, 0.3) is 0 Å². The minimum absolute atomic E-state index is 0.174. The van der Waals surface area contributed by atoms with E-state index in [2.05, 4.69) is 5.32 Å². The van der Waals surface area contributed by atoms with Crippen molar-refractivity contribution < 1.29 is 19.1 Å². The molecule has 0 heterocycles. The molecule has 1 amide bonds. The van der Waals surface area contributed by atoms with Crippen molar-refractivity contribution in [3.05, 3.63) is 0 Å². The summed E-state index contributed by atoms with van der Waals surface area (Å²) in [5, 5.41) is 2.61. The maximum Gasteiger partial charge on any atom is 0.328 e. The Labute approximate surface area is 103 Å². The molecule has 0 saturated carbocycles. The molecule has 100 valence electrons. The third-order valence-corrected chi connectivity index (χ3v) is 2.06. The van der Waals surface area contributed by atoms with Crippen LogP contribution >= 0.6 is 0 Å². The lowest BCUT2D eigenvalue weighted by Crippen LogP contribution is -2.44. The van der Waals surface area contributed by atoms with Crippen LogP contribution in [-0.4, -0.2) is 37.7 Å². The van der Waals surface area contributed by atoms with Crippen LogP contribution in [0.5, 0.6) is 0 Å². The van der Waals surface area contributed by atoms with Crippen LogP contribution < -0.4 is 5.32 Å². The van der Waals surface area contributed by atoms with Gasteiger partial charge >= 0.3 is 5.97 Å². The molecule has 1 unspecified atom stereocenters. The number of ether oxygens (including phenoxy) is 2. The Hall–Kier alpha value is -1.10. The molecule has 0 saturated heterocycles. The third kappa shape index (κ3) is 6.94. The van der Waals surface area contributed by atoms with Crippen LogP contribution in [0.15, 0.2) is 0 Å². The molecular weight excluding hydrogens is 222 g/mol. The van der Waals surface area contributed by atoms with E-state index in [1.807, 2.05) is 6.92 Å². The molecule has 17 heavy (non-hydrogen) atoms. The first-order valence-electron chi connectivity index (χ1n) is 5.84. The van der Waals surface area contributed by atoms with Gasteiger partial charge < -0.3 is 14.8 Å². The summed E-state index contributed by atoms with van der Waals surface area (Å²) in [6.45, 7) is 10.0. The van der Waals surface area contributed by atoms with E-state index in [9.17, 15) is 9.59 Å². The fourth-order valence-electron chi connectivity index (χ4n) is 0.943. The summed E-state index contributed by atoms with van der Waals surface area (Å²) >= 11 is 0. The summed E-state index contributed by atoms with van der Waals surface area (Å²) in [6.07, 6.45) is 0. The fraction of sp³-hybridized carbons (Fsp3) is 0.833. The second kappa shape index (κ2) is 7.27. The van der Waals surface area contributed by atoms with Crippen molar-refractivity contribution in [2.45, 2.75) is 40.7 Å². The molecule has 5 heteroatoms. The fourth-order valence-corrected chi connectivity index (χ4v) is 0.943. The Morgan fingerprint density at radius 1 is 1.24 bits per heavy atom. The van der Waals surface area contributed by atoms with E-state index in [1.54, 1.807) is 27.7 Å². The summed E-state index contributed by atoms with van der Waals surface area (Å²) in [5.74, 6) is -0.617. The van der Waals surface area contributed by atoms with Gasteiger partial charge in [0.25, 0.3) is 0 Å². The molecular formula is C12H23NO4. The molecule has 0 aromatic carbocycles. The van der Waals surface area contributed by atoms with Gasteiger partial charge in [0.15, 0.2) is 0 Å². The molecule has 1 atom stereocenters. The molecule has 0 aromatic heterocycles. The van der Waals surface area contributed by atoms with E-state index in [1.165, 1.54) is 0 Å². The lowest BCUT2D eigenvalue weighted by atomic mass is 9.95. The average Bonchev–Trinajstić information content (AvgIpc) is 2.22. The van der Waals surface area contributed by atoms with E-state index in [-0.39, 0.29) is 12.5 Å². The van der Waals surface area contributed by atoms with Gasteiger partial charge in [-0.05, 0) is 13.8 Å². The Balaban J connectivity index is 3.94. The van der Waals surface area contributed by atoms with Crippen molar-refractivity contribution in [3.8, 4) is 0 Å². The highest BCUT2D eigenvalue weighted by Crippen LogP contribution is 2.12. The zero-order chi connectivity index (χ0) is 13.5. The van der Waals surface area contributed by atoms with Gasteiger partial charge in [-0.2, -0.15) is 0 Å². The highest BCUT2D eigenvalue weighted by atomic mass is 16.6. The second-order valence-electron chi connectivity index (χ2n) is 4.81. The van der Waals surface area contributed by atoms with Gasteiger partial charge in [0, 0.05) is 12.0 Å². The second-order valence-corrected chi connectivity index (χ2v) is 4.81. The average molecular weight is 245 g/mol. The van der Waals surface area contributed by atoms with Crippen LogP contribution in [0.4, 0.5) is 0 Å². The lowest BCUT2D eigenvalue weighted by molar-refractivity contribution is -0.149. The smallest absolute Gasteiger partial charge is 0.328 e. The van der Waals surface area contributed by atoms with Gasteiger partial charge in [-0.1, -0.05) is 20.8 Å². The molecule has 0 bridgehead atoms. The molecule has 0 fully saturated rings. The number of carbonyl (C=O) groups excluding carboxylic acids is 2. The standard InChI is InChI=1S/C12H23NO4/c1-6-16-7-8-17-10(14)9(2)13-11(15)12(3,4)5/h9H,6-8H2,1-5H3,(H,13,15). The molecule has 0 aliphatic rings. The van der Waals surface area contributed by atoms with Crippen molar-refractivity contribution in [3.63, 3.8) is 0 Å². The molecule has 1 N–H and O–H groups in total. The summed E-state index contributed by atoms with van der Waals surface area (Å²) in [6, 6.07) is -0.636. The zero-order valence-electron chi connectivity index (χ0n) is 11.3. The summed E-state index contributed by atoms with van der Waals surface area (Å²) in [7, 11) is 0. The van der Waals surface area contributed by atoms with Crippen LogP contribution in [0.3, 0.4) is 0 Å². The number of amides is 1. The maximum absolute atomic E-state index is 11.6. The molecule has 0 aromatic rings. The first kappa shape index (κ1) is 15.9. The van der Waals surface area contributed by atoms with Gasteiger partial charge in [-0.25, -0.2) is 4.79 Å². The predicted octanol–water partition coefficient (Wildman–Crippen LogP) is 1.12. The summed E-state index contributed by atoms with van der Waals surface area (Å²) in [5.41, 5.74) is -0.514. The largest absolute Gasteiger partial charge is 0.462 e. The molecule has 0 spiro atoms. The van der Waals surface area contributed by atoms with E-state index >= 15 is 0 Å². The van der Waals surface area contributed by atoms with Gasteiger partial charge in [0.05, 0.1) is 6.61 Å². The molecule has 0 rings (SSSR count). The Kier molecular flexibility index (Phi) is 6.80. The first-order chi connectivity index (χ1) is 7.79. The van der Waals surface area contributed by atoms with E-state index in [0.717, 1.165) is 0 Å². The monoisotopic (exact) mass is 245 g/mol. The number of hydrogen-bond acceptors (Lipinski definition) is 4. The number of rotatable bonds is 6. The van der Waals surface area contributed by atoms with Crippen LogP contribution in [0.1, 0.15) is 34.6 Å². The number of nitrogens with one attached hydrogen (secondary N) is 1. The topological polar surface area (TPSA) is 64.6 Å².